The van der Waals surface area contributed by atoms with E-state index >= 15 is 0 Å². The third kappa shape index (κ3) is 3.02. The number of aryl methyl sites for hydroxylation is 2. The topological polar surface area (TPSA) is 61.3 Å². The maximum absolute atomic E-state index is 13.1. The highest BCUT2D eigenvalue weighted by molar-refractivity contribution is 7.17. The van der Waals surface area contributed by atoms with Gasteiger partial charge in [-0.2, -0.15) is 0 Å². The van der Waals surface area contributed by atoms with E-state index in [1.54, 1.807) is 8.97 Å². The van der Waals surface area contributed by atoms with Gasteiger partial charge in [-0.05, 0) is 41.8 Å². The average molecular weight is 382 g/mol. The Balaban J connectivity index is 1.95. The lowest BCUT2D eigenvalue weighted by molar-refractivity contribution is 0.512. The van der Waals surface area contributed by atoms with Gasteiger partial charge in [-0.15, -0.1) is 16.4 Å². The van der Waals surface area contributed by atoms with Crippen LogP contribution in [0.1, 0.15) is 31.4 Å². The zero-order valence-electron chi connectivity index (χ0n) is 15.7. The summed E-state index contributed by atoms with van der Waals surface area (Å²) < 4.78 is 5.28. The van der Waals surface area contributed by atoms with Gasteiger partial charge in [0.25, 0.3) is 5.56 Å². The fourth-order valence-electron chi connectivity index (χ4n) is 3.27. The quantitative estimate of drug-likeness (QED) is 0.532. The van der Waals surface area contributed by atoms with Crippen molar-refractivity contribution in [1.82, 2.24) is 18.7 Å². The molecule has 0 bridgehead atoms. The van der Waals surface area contributed by atoms with Crippen LogP contribution in [0.3, 0.4) is 0 Å². The number of nitrogens with zero attached hydrogens (tertiary/aromatic N) is 4. The molecule has 7 heteroatoms. The van der Waals surface area contributed by atoms with Crippen LogP contribution in [0, 0.1) is 12.8 Å². The summed E-state index contributed by atoms with van der Waals surface area (Å²) in [6.45, 7) is 7.20. The van der Waals surface area contributed by atoms with Crippen molar-refractivity contribution >= 4 is 27.3 Å². The number of hydrogen-bond donors (Lipinski definition) is 0. The molecule has 140 valence electrons. The van der Waals surface area contributed by atoms with Crippen molar-refractivity contribution in [3.05, 3.63) is 67.7 Å². The molecule has 0 radical (unpaired) electrons. The van der Waals surface area contributed by atoms with Crippen LogP contribution >= 0.6 is 11.3 Å². The normalized spacial score (nSPS) is 11.9. The number of benzene rings is 1. The minimum absolute atomic E-state index is 0.0683. The van der Waals surface area contributed by atoms with Crippen LogP contribution in [0.15, 0.2) is 45.3 Å². The molecule has 0 aliphatic heterocycles. The Bertz CT molecular complexity index is 1240. The minimum Gasteiger partial charge on any atom is -0.276 e. The van der Waals surface area contributed by atoms with Crippen LogP contribution in [-0.4, -0.2) is 18.7 Å². The molecule has 0 unspecified atom stereocenters. The SMILES string of the molecule is Cc1ccccc1Cn1nc2n(CCC(C)C)c(=O)c3sccc3n2c1=O. The molecule has 6 nitrogen and oxygen atoms in total. The smallest absolute Gasteiger partial charge is 0.276 e. The Morgan fingerprint density at radius 2 is 1.93 bits per heavy atom. The Labute approximate surface area is 160 Å². The molecule has 0 amide bonds. The van der Waals surface area contributed by atoms with Crippen molar-refractivity contribution < 1.29 is 0 Å². The summed E-state index contributed by atoms with van der Waals surface area (Å²) in [4.78, 5) is 26.1. The fraction of sp³-hybridized carbons (Fsp3) is 0.350. The van der Waals surface area contributed by atoms with E-state index in [4.69, 9.17) is 0 Å². The predicted octanol–water partition coefficient (Wildman–Crippen LogP) is 3.28. The zero-order chi connectivity index (χ0) is 19.1. The first-order chi connectivity index (χ1) is 13.0. The Morgan fingerprint density at radius 3 is 2.67 bits per heavy atom. The molecule has 0 spiro atoms. The highest BCUT2D eigenvalue weighted by Gasteiger charge is 2.18. The molecule has 0 aliphatic rings. The van der Waals surface area contributed by atoms with Gasteiger partial charge in [0.15, 0.2) is 0 Å². The first-order valence-corrected chi connectivity index (χ1v) is 9.99. The lowest BCUT2D eigenvalue weighted by atomic mass is 10.1. The largest absolute Gasteiger partial charge is 0.352 e. The first-order valence-electron chi connectivity index (χ1n) is 9.11. The van der Waals surface area contributed by atoms with Crippen LogP contribution in [0.4, 0.5) is 0 Å². The summed E-state index contributed by atoms with van der Waals surface area (Å²) in [6.07, 6.45) is 0.852. The van der Waals surface area contributed by atoms with E-state index < -0.39 is 0 Å². The average Bonchev–Trinajstić information content (AvgIpc) is 3.22. The lowest BCUT2D eigenvalue weighted by Crippen LogP contribution is -2.26. The van der Waals surface area contributed by atoms with Gasteiger partial charge in [0.1, 0.15) is 4.70 Å². The highest BCUT2D eigenvalue weighted by Crippen LogP contribution is 2.18. The summed E-state index contributed by atoms with van der Waals surface area (Å²) in [5, 5.41) is 6.40. The molecule has 0 aliphatic carbocycles. The molecule has 4 rings (SSSR count). The zero-order valence-corrected chi connectivity index (χ0v) is 16.5. The van der Waals surface area contributed by atoms with Crippen LogP contribution in [-0.2, 0) is 13.1 Å². The number of fused-ring (bicyclic) bond motifs is 3. The van der Waals surface area contributed by atoms with Crippen LogP contribution in [0.25, 0.3) is 16.0 Å². The van der Waals surface area contributed by atoms with Crippen molar-refractivity contribution in [2.45, 2.75) is 40.3 Å². The summed E-state index contributed by atoms with van der Waals surface area (Å²) in [7, 11) is 0. The minimum atomic E-state index is -0.213. The molecule has 3 aromatic heterocycles. The molecule has 0 saturated heterocycles. The Morgan fingerprint density at radius 1 is 1.15 bits per heavy atom. The highest BCUT2D eigenvalue weighted by atomic mass is 32.1. The van der Waals surface area contributed by atoms with Gasteiger partial charge in [-0.1, -0.05) is 38.1 Å². The van der Waals surface area contributed by atoms with E-state index in [2.05, 4.69) is 18.9 Å². The number of aromatic nitrogens is 4. The third-order valence-corrected chi connectivity index (χ3v) is 5.79. The monoisotopic (exact) mass is 382 g/mol. The maximum Gasteiger partial charge on any atom is 0.352 e. The second-order valence-electron chi connectivity index (χ2n) is 7.28. The maximum atomic E-state index is 13.1. The van der Waals surface area contributed by atoms with Gasteiger partial charge < -0.3 is 0 Å². The predicted molar refractivity (Wildman–Crippen MR) is 109 cm³/mol. The van der Waals surface area contributed by atoms with E-state index in [1.165, 1.54) is 16.0 Å². The molecule has 0 fully saturated rings. The van der Waals surface area contributed by atoms with E-state index in [1.807, 2.05) is 42.6 Å². The summed E-state index contributed by atoms with van der Waals surface area (Å²) in [5.41, 5.74) is 2.51. The standard InChI is InChI=1S/C20H22N4O2S/c1-13(2)8-10-22-18(25)17-16(9-11-27-17)24-19(22)21-23(20(24)26)12-15-7-5-4-6-14(15)3/h4-7,9,11,13H,8,10,12H2,1-3H3. The van der Waals surface area contributed by atoms with Crippen molar-refractivity contribution in [2.75, 3.05) is 0 Å². The van der Waals surface area contributed by atoms with Crippen molar-refractivity contribution in [2.24, 2.45) is 5.92 Å². The molecule has 1 aromatic carbocycles. The van der Waals surface area contributed by atoms with Gasteiger partial charge in [0, 0.05) is 6.54 Å². The molecule has 3 heterocycles. The van der Waals surface area contributed by atoms with Crippen LogP contribution in [0.5, 0.6) is 0 Å². The first kappa shape index (κ1) is 17.7. The number of thiophene rings is 1. The molecule has 27 heavy (non-hydrogen) atoms. The molecule has 0 atom stereocenters. The lowest BCUT2D eigenvalue weighted by Gasteiger charge is -2.09. The molecule has 0 saturated carbocycles. The van der Waals surface area contributed by atoms with Gasteiger partial charge in [0.2, 0.25) is 5.78 Å². The molecule has 4 aromatic rings. The Hall–Kier alpha value is -2.67. The Kier molecular flexibility index (Phi) is 4.47. The van der Waals surface area contributed by atoms with Crippen molar-refractivity contribution in [3.63, 3.8) is 0 Å². The van der Waals surface area contributed by atoms with Gasteiger partial charge in [0.05, 0.1) is 12.1 Å². The van der Waals surface area contributed by atoms with E-state index in [9.17, 15) is 9.59 Å². The number of rotatable bonds is 5. The van der Waals surface area contributed by atoms with E-state index in [-0.39, 0.29) is 11.2 Å². The van der Waals surface area contributed by atoms with Gasteiger partial charge in [-0.25, -0.2) is 13.9 Å². The fourth-order valence-corrected chi connectivity index (χ4v) is 4.10. The second kappa shape index (κ2) is 6.81. The summed E-state index contributed by atoms with van der Waals surface area (Å²) >= 11 is 1.37. The van der Waals surface area contributed by atoms with Crippen molar-refractivity contribution in [1.29, 1.82) is 0 Å². The molecular weight excluding hydrogens is 360 g/mol. The third-order valence-electron chi connectivity index (χ3n) is 4.90. The summed E-state index contributed by atoms with van der Waals surface area (Å²) in [6, 6.07) is 9.77. The molecule has 0 N–H and O–H groups in total. The van der Waals surface area contributed by atoms with Crippen LogP contribution < -0.4 is 11.2 Å². The molecular formula is C20H22N4O2S. The number of hydrogen-bond acceptors (Lipinski definition) is 4. The van der Waals surface area contributed by atoms with Crippen molar-refractivity contribution in [3.8, 4) is 0 Å². The second-order valence-corrected chi connectivity index (χ2v) is 8.19. The van der Waals surface area contributed by atoms with Crippen LogP contribution in [0.2, 0.25) is 0 Å². The van der Waals surface area contributed by atoms with Gasteiger partial charge in [-0.3, -0.25) is 9.36 Å². The van der Waals surface area contributed by atoms with E-state index in [0.717, 1.165) is 17.5 Å². The van der Waals surface area contributed by atoms with Gasteiger partial charge >= 0.3 is 5.69 Å². The van der Waals surface area contributed by atoms with E-state index in [0.29, 0.717) is 35.0 Å². The summed E-state index contributed by atoms with van der Waals surface area (Å²) in [5.74, 6) is 0.877.